The predicted molar refractivity (Wildman–Crippen MR) is 70.1 cm³/mol. The highest BCUT2D eigenvalue weighted by Crippen LogP contribution is 2.27. The van der Waals surface area contributed by atoms with Gasteiger partial charge in [0.05, 0.1) is 11.8 Å². The van der Waals surface area contributed by atoms with Crippen LogP contribution in [0.5, 0.6) is 0 Å². The zero-order valence-corrected chi connectivity index (χ0v) is 11.4. The molecular formula is C14H23NO3. The van der Waals surface area contributed by atoms with Gasteiger partial charge in [0.2, 0.25) is 5.91 Å². The zero-order valence-electron chi connectivity index (χ0n) is 11.4. The summed E-state index contributed by atoms with van der Waals surface area (Å²) in [5.74, 6) is -2.05. The molecule has 2 N–H and O–H groups in total. The number of amides is 1. The van der Waals surface area contributed by atoms with Crippen molar-refractivity contribution in [2.24, 2.45) is 11.8 Å². The third-order valence-electron chi connectivity index (χ3n) is 3.42. The van der Waals surface area contributed by atoms with E-state index in [4.69, 9.17) is 5.11 Å². The Balaban J connectivity index is 2.70. The summed E-state index contributed by atoms with van der Waals surface area (Å²) in [4.78, 5) is 23.3. The molecule has 4 heteroatoms. The van der Waals surface area contributed by atoms with Crippen LogP contribution in [0, 0.1) is 11.8 Å². The van der Waals surface area contributed by atoms with Crippen LogP contribution in [0.15, 0.2) is 12.2 Å². The second kappa shape index (κ2) is 6.03. The number of nitrogens with one attached hydrogen (secondary N) is 1. The van der Waals surface area contributed by atoms with Crippen LogP contribution in [0.25, 0.3) is 0 Å². The summed E-state index contributed by atoms with van der Waals surface area (Å²) in [7, 11) is 0. The Morgan fingerprint density at radius 1 is 1.28 bits per heavy atom. The van der Waals surface area contributed by atoms with Crippen LogP contribution in [0.4, 0.5) is 0 Å². The lowest BCUT2D eigenvalue weighted by atomic mass is 9.81. The second-order valence-electron chi connectivity index (χ2n) is 5.62. The van der Waals surface area contributed by atoms with Gasteiger partial charge in [0.15, 0.2) is 0 Å². The standard InChI is InChI=1S/C14H23NO3/c1-4-9-14(2,3)15-12(16)10-7-5-6-8-11(10)13(17)18/h5-6,10-11H,4,7-9H2,1-3H3,(H,15,16)(H,17,18). The maximum Gasteiger partial charge on any atom is 0.307 e. The Hall–Kier alpha value is -1.32. The van der Waals surface area contributed by atoms with E-state index in [2.05, 4.69) is 12.2 Å². The van der Waals surface area contributed by atoms with Gasteiger partial charge < -0.3 is 10.4 Å². The van der Waals surface area contributed by atoms with Crippen molar-refractivity contribution >= 4 is 11.9 Å². The van der Waals surface area contributed by atoms with E-state index in [0.717, 1.165) is 12.8 Å². The van der Waals surface area contributed by atoms with Gasteiger partial charge in [-0.15, -0.1) is 0 Å². The molecule has 1 aliphatic carbocycles. The van der Waals surface area contributed by atoms with Crippen LogP contribution in [0.2, 0.25) is 0 Å². The molecule has 2 unspecified atom stereocenters. The number of carboxylic acids is 1. The first-order valence-corrected chi connectivity index (χ1v) is 6.57. The largest absolute Gasteiger partial charge is 0.481 e. The second-order valence-corrected chi connectivity index (χ2v) is 5.62. The summed E-state index contributed by atoms with van der Waals surface area (Å²) in [6.07, 6.45) is 6.59. The monoisotopic (exact) mass is 253 g/mol. The third-order valence-corrected chi connectivity index (χ3v) is 3.42. The first kappa shape index (κ1) is 14.7. The van der Waals surface area contributed by atoms with E-state index in [-0.39, 0.29) is 11.4 Å². The minimum absolute atomic E-state index is 0.134. The summed E-state index contributed by atoms with van der Waals surface area (Å²) < 4.78 is 0. The van der Waals surface area contributed by atoms with Gasteiger partial charge in [-0.25, -0.2) is 0 Å². The minimum Gasteiger partial charge on any atom is -0.481 e. The Kier molecular flexibility index (Phi) is 4.93. The summed E-state index contributed by atoms with van der Waals surface area (Å²) in [5.41, 5.74) is -0.268. The Labute approximate surface area is 108 Å². The van der Waals surface area contributed by atoms with Gasteiger partial charge in [0, 0.05) is 5.54 Å². The smallest absolute Gasteiger partial charge is 0.307 e. The summed E-state index contributed by atoms with van der Waals surface area (Å²) in [6, 6.07) is 0. The highest BCUT2D eigenvalue weighted by molar-refractivity contribution is 5.85. The Bertz CT molecular complexity index is 347. The van der Waals surface area contributed by atoms with Crippen molar-refractivity contribution in [3.8, 4) is 0 Å². The van der Waals surface area contributed by atoms with Gasteiger partial charge >= 0.3 is 5.97 Å². The number of allylic oxidation sites excluding steroid dienone is 2. The van der Waals surface area contributed by atoms with Gasteiger partial charge in [-0.3, -0.25) is 9.59 Å². The quantitative estimate of drug-likeness (QED) is 0.739. The lowest BCUT2D eigenvalue weighted by Crippen LogP contribution is -2.48. The molecule has 0 saturated heterocycles. The zero-order chi connectivity index (χ0) is 13.8. The van der Waals surface area contributed by atoms with E-state index in [1.807, 2.05) is 26.0 Å². The van der Waals surface area contributed by atoms with Gasteiger partial charge in [-0.2, -0.15) is 0 Å². The SMILES string of the molecule is CCCC(C)(C)NC(=O)C1CC=CCC1C(=O)O. The van der Waals surface area contributed by atoms with Crippen molar-refractivity contribution in [2.45, 2.75) is 52.0 Å². The highest BCUT2D eigenvalue weighted by atomic mass is 16.4. The van der Waals surface area contributed by atoms with Crippen molar-refractivity contribution < 1.29 is 14.7 Å². The van der Waals surface area contributed by atoms with Crippen molar-refractivity contribution in [2.75, 3.05) is 0 Å². The summed E-state index contributed by atoms with van der Waals surface area (Å²) in [5, 5.41) is 12.1. The molecule has 2 atom stereocenters. The van der Waals surface area contributed by atoms with Crippen molar-refractivity contribution in [3.05, 3.63) is 12.2 Å². The maximum atomic E-state index is 12.2. The average Bonchev–Trinajstić information content (AvgIpc) is 2.28. The number of carbonyl (C=O) groups is 2. The fourth-order valence-corrected chi connectivity index (χ4v) is 2.49. The molecule has 0 heterocycles. The summed E-state index contributed by atoms with van der Waals surface area (Å²) in [6.45, 7) is 6.02. The first-order chi connectivity index (χ1) is 8.37. The molecule has 18 heavy (non-hydrogen) atoms. The molecule has 1 aliphatic rings. The highest BCUT2D eigenvalue weighted by Gasteiger charge is 2.35. The van der Waals surface area contributed by atoms with Crippen LogP contribution < -0.4 is 5.32 Å². The van der Waals surface area contributed by atoms with Gasteiger partial charge in [0.1, 0.15) is 0 Å². The molecule has 0 fully saturated rings. The number of rotatable bonds is 5. The molecule has 0 saturated carbocycles. The number of carboxylic acid groups (broad SMARTS) is 1. The topological polar surface area (TPSA) is 66.4 Å². The normalized spacial score (nSPS) is 23.7. The van der Waals surface area contributed by atoms with E-state index in [0.29, 0.717) is 12.8 Å². The molecule has 102 valence electrons. The number of hydrogen-bond acceptors (Lipinski definition) is 2. The fraction of sp³-hybridized carbons (Fsp3) is 0.714. The first-order valence-electron chi connectivity index (χ1n) is 6.57. The number of hydrogen-bond donors (Lipinski definition) is 2. The number of aliphatic carboxylic acids is 1. The molecule has 1 rings (SSSR count). The van der Waals surface area contributed by atoms with E-state index in [1.165, 1.54) is 0 Å². The van der Waals surface area contributed by atoms with Crippen LogP contribution in [-0.4, -0.2) is 22.5 Å². The molecule has 4 nitrogen and oxygen atoms in total. The van der Waals surface area contributed by atoms with Crippen LogP contribution in [-0.2, 0) is 9.59 Å². The molecule has 0 aromatic rings. The minimum atomic E-state index is -0.882. The lowest BCUT2D eigenvalue weighted by Gasteiger charge is -2.31. The Morgan fingerprint density at radius 2 is 1.83 bits per heavy atom. The van der Waals surface area contributed by atoms with E-state index in [1.54, 1.807) is 0 Å². The Morgan fingerprint density at radius 3 is 2.33 bits per heavy atom. The van der Waals surface area contributed by atoms with Gasteiger partial charge in [0.25, 0.3) is 0 Å². The van der Waals surface area contributed by atoms with Gasteiger partial charge in [-0.05, 0) is 33.1 Å². The fourth-order valence-electron chi connectivity index (χ4n) is 2.49. The van der Waals surface area contributed by atoms with Crippen LogP contribution >= 0.6 is 0 Å². The molecular weight excluding hydrogens is 230 g/mol. The molecule has 0 aliphatic heterocycles. The van der Waals surface area contributed by atoms with E-state index < -0.39 is 17.8 Å². The van der Waals surface area contributed by atoms with Gasteiger partial charge in [-0.1, -0.05) is 25.5 Å². The maximum absolute atomic E-state index is 12.2. The molecule has 0 aromatic carbocycles. The van der Waals surface area contributed by atoms with Crippen molar-refractivity contribution in [1.82, 2.24) is 5.32 Å². The molecule has 0 aromatic heterocycles. The average molecular weight is 253 g/mol. The third kappa shape index (κ3) is 3.86. The lowest BCUT2D eigenvalue weighted by molar-refractivity contribution is -0.147. The molecule has 1 amide bonds. The van der Waals surface area contributed by atoms with E-state index >= 15 is 0 Å². The predicted octanol–water partition coefficient (Wildman–Crippen LogP) is 2.35. The van der Waals surface area contributed by atoms with Crippen molar-refractivity contribution in [3.63, 3.8) is 0 Å². The van der Waals surface area contributed by atoms with E-state index in [9.17, 15) is 9.59 Å². The molecule has 0 bridgehead atoms. The molecule has 0 radical (unpaired) electrons. The van der Waals surface area contributed by atoms with Crippen molar-refractivity contribution in [1.29, 1.82) is 0 Å². The summed E-state index contributed by atoms with van der Waals surface area (Å²) >= 11 is 0. The van der Waals surface area contributed by atoms with Crippen LogP contribution in [0.3, 0.4) is 0 Å². The molecule has 0 spiro atoms. The van der Waals surface area contributed by atoms with Crippen LogP contribution in [0.1, 0.15) is 46.5 Å². The number of carbonyl (C=O) groups excluding carboxylic acids is 1.